The molecule has 1 aromatic carbocycles. The van der Waals surface area contributed by atoms with Gasteiger partial charge in [0.05, 0.1) is 0 Å². The van der Waals surface area contributed by atoms with Crippen molar-refractivity contribution in [1.29, 1.82) is 0 Å². The second-order valence-electron chi connectivity index (χ2n) is 5.67. The number of thiocarbonyl (C=S) groups is 1. The van der Waals surface area contributed by atoms with Crippen molar-refractivity contribution in [3.63, 3.8) is 0 Å². The van der Waals surface area contributed by atoms with Gasteiger partial charge in [-0.3, -0.25) is 5.43 Å². The molecule has 114 valence electrons. The molecule has 0 unspecified atom stereocenters. The smallest absolute Gasteiger partial charge is 0.186 e. The van der Waals surface area contributed by atoms with Gasteiger partial charge in [0, 0.05) is 12.8 Å². The average Bonchev–Trinajstić information content (AvgIpc) is 2.45. The van der Waals surface area contributed by atoms with Crippen LogP contribution in [0.1, 0.15) is 44.7 Å². The molecule has 0 aliphatic carbocycles. The quantitative estimate of drug-likeness (QED) is 0.475. The number of allylic oxidation sites excluding steroid dienone is 1. The summed E-state index contributed by atoms with van der Waals surface area (Å²) in [6.07, 6.45) is 5.60. The zero-order valence-corrected chi connectivity index (χ0v) is 14.1. The predicted octanol–water partition coefficient (Wildman–Crippen LogP) is 3.93. The summed E-state index contributed by atoms with van der Waals surface area (Å²) in [7, 11) is 0. The van der Waals surface area contributed by atoms with Gasteiger partial charge in [0.15, 0.2) is 5.11 Å². The molecule has 0 bridgehead atoms. The summed E-state index contributed by atoms with van der Waals surface area (Å²) in [6.45, 7) is 9.50. The summed E-state index contributed by atoms with van der Waals surface area (Å²) in [4.78, 5) is 0. The number of nitrogens with zero attached hydrogens (tertiary/aromatic N) is 1. The van der Waals surface area contributed by atoms with Crippen molar-refractivity contribution in [3.05, 3.63) is 41.5 Å². The topological polar surface area (TPSA) is 36.4 Å². The highest BCUT2D eigenvalue weighted by atomic mass is 32.1. The summed E-state index contributed by atoms with van der Waals surface area (Å²) < 4.78 is 0. The van der Waals surface area contributed by atoms with Crippen LogP contribution in [0.2, 0.25) is 0 Å². The zero-order valence-electron chi connectivity index (χ0n) is 13.3. The van der Waals surface area contributed by atoms with Gasteiger partial charge in [-0.2, -0.15) is 5.10 Å². The lowest BCUT2D eigenvalue weighted by molar-refractivity contribution is 0.621. The monoisotopic (exact) mass is 303 g/mol. The predicted molar refractivity (Wildman–Crippen MR) is 96.6 cm³/mol. The fraction of sp³-hybridized carbons (Fsp3) is 0.412. The minimum atomic E-state index is 0.551. The van der Waals surface area contributed by atoms with E-state index in [1.54, 1.807) is 6.21 Å². The Bertz CT molecular complexity index is 487. The molecule has 0 amide bonds. The first kappa shape index (κ1) is 17.4. The van der Waals surface area contributed by atoms with Crippen molar-refractivity contribution in [2.45, 2.75) is 33.6 Å². The molecule has 0 radical (unpaired) electrons. The lowest BCUT2D eigenvalue weighted by Gasteiger charge is -2.08. The van der Waals surface area contributed by atoms with Crippen LogP contribution in [0, 0.1) is 5.92 Å². The first-order valence-corrected chi connectivity index (χ1v) is 7.73. The van der Waals surface area contributed by atoms with Crippen LogP contribution in [0.5, 0.6) is 0 Å². The number of hydrogen-bond acceptors (Lipinski definition) is 2. The first-order valence-electron chi connectivity index (χ1n) is 7.32. The highest BCUT2D eigenvalue weighted by Gasteiger charge is 1.97. The maximum absolute atomic E-state index is 5.09. The molecule has 0 aromatic heterocycles. The van der Waals surface area contributed by atoms with E-state index in [0.29, 0.717) is 16.9 Å². The first-order chi connectivity index (χ1) is 9.99. The van der Waals surface area contributed by atoms with E-state index in [-0.39, 0.29) is 0 Å². The molecule has 4 heteroatoms. The van der Waals surface area contributed by atoms with Crippen LogP contribution in [-0.2, 0) is 0 Å². The van der Waals surface area contributed by atoms with E-state index in [1.165, 1.54) is 5.56 Å². The van der Waals surface area contributed by atoms with Gasteiger partial charge in [0.2, 0.25) is 0 Å². The summed E-state index contributed by atoms with van der Waals surface area (Å²) in [6, 6.07) is 8.54. The molecule has 0 heterocycles. The Kier molecular flexibility index (Phi) is 7.69. The molecular formula is C17H25N3S. The van der Waals surface area contributed by atoms with E-state index < -0.39 is 0 Å². The second kappa shape index (κ2) is 9.29. The summed E-state index contributed by atoms with van der Waals surface area (Å²) in [5, 5.41) is 7.69. The van der Waals surface area contributed by atoms with Crippen molar-refractivity contribution < 1.29 is 0 Å². The molecular weight excluding hydrogens is 278 g/mol. The van der Waals surface area contributed by atoms with Gasteiger partial charge in [-0.25, -0.2) is 0 Å². The van der Waals surface area contributed by atoms with Crippen LogP contribution in [0.4, 0.5) is 0 Å². The summed E-state index contributed by atoms with van der Waals surface area (Å²) >= 11 is 5.09. The van der Waals surface area contributed by atoms with Gasteiger partial charge >= 0.3 is 0 Å². The minimum Gasteiger partial charge on any atom is -0.361 e. The number of rotatable bonds is 6. The normalized spacial score (nSPS) is 11.7. The lowest BCUT2D eigenvalue weighted by Crippen LogP contribution is -2.34. The van der Waals surface area contributed by atoms with Gasteiger partial charge < -0.3 is 5.32 Å². The maximum Gasteiger partial charge on any atom is 0.186 e. The molecule has 0 aliphatic rings. The third-order valence-electron chi connectivity index (χ3n) is 2.89. The number of nitrogens with one attached hydrogen (secondary N) is 2. The minimum absolute atomic E-state index is 0.551. The average molecular weight is 303 g/mol. The Morgan fingerprint density at radius 1 is 1.19 bits per heavy atom. The second-order valence-corrected chi connectivity index (χ2v) is 6.08. The Labute approximate surface area is 133 Å². The molecule has 0 saturated heterocycles. The standard InChI is InChI=1S/C17H25N3S/c1-13(2)12-18-17(21)20-19-11-5-6-15-7-9-16(10-8-15)14(3)4/h5-11,13-14H,12H2,1-4H3,(H2,18,20,21)/b6-5-,19-11+. The molecule has 0 saturated carbocycles. The van der Waals surface area contributed by atoms with Crippen molar-refractivity contribution in [2.24, 2.45) is 11.0 Å². The van der Waals surface area contributed by atoms with E-state index in [1.807, 2.05) is 12.2 Å². The van der Waals surface area contributed by atoms with E-state index in [4.69, 9.17) is 12.2 Å². The van der Waals surface area contributed by atoms with Gasteiger partial charge in [0.25, 0.3) is 0 Å². The van der Waals surface area contributed by atoms with Crippen LogP contribution in [0.15, 0.2) is 35.4 Å². The van der Waals surface area contributed by atoms with Crippen LogP contribution in [0.3, 0.4) is 0 Å². The van der Waals surface area contributed by atoms with E-state index in [0.717, 1.165) is 12.1 Å². The highest BCUT2D eigenvalue weighted by molar-refractivity contribution is 7.80. The number of hydrogen-bond donors (Lipinski definition) is 2. The zero-order chi connectivity index (χ0) is 15.7. The number of hydrazone groups is 1. The van der Waals surface area contributed by atoms with Crippen LogP contribution in [-0.4, -0.2) is 17.9 Å². The SMILES string of the molecule is CC(C)CNC(=S)N/N=C/C=C\c1ccc(C(C)C)cc1. The van der Waals surface area contributed by atoms with Gasteiger partial charge in [-0.05, 0) is 41.3 Å². The Morgan fingerprint density at radius 2 is 1.86 bits per heavy atom. The molecule has 3 nitrogen and oxygen atoms in total. The van der Waals surface area contributed by atoms with Crippen molar-refractivity contribution in [3.8, 4) is 0 Å². The molecule has 0 fully saturated rings. The van der Waals surface area contributed by atoms with Gasteiger partial charge in [-0.15, -0.1) is 0 Å². The lowest BCUT2D eigenvalue weighted by atomic mass is 10.0. The van der Waals surface area contributed by atoms with Gasteiger partial charge in [-0.1, -0.05) is 58.0 Å². The Hall–Kier alpha value is -1.68. The van der Waals surface area contributed by atoms with Crippen LogP contribution >= 0.6 is 12.2 Å². The molecule has 0 aliphatic heterocycles. The van der Waals surface area contributed by atoms with Crippen molar-refractivity contribution in [1.82, 2.24) is 10.7 Å². The summed E-state index contributed by atoms with van der Waals surface area (Å²) in [5.41, 5.74) is 5.30. The molecule has 21 heavy (non-hydrogen) atoms. The van der Waals surface area contributed by atoms with Crippen molar-refractivity contribution in [2.75, 3.05) is 6.54 Å². The van der Waals surface area contributed by atoms with E-state index in [2.05, 4.69) is 67.8 Å². The van der Waals surface area contributed by atoms with Crippen LogP contribution in [0.25, 0.3) is 6.08 Å². The number of benzene rings is 1. The molecule has 0 spiro atoms. The fourth-order valence-electron chi connectivity index (χ4n) is 1.62. The Morgan fingerprint density at radius 3 is 2.43 bits per heavy atom. The molecule has 2 N–H and O–H groups in total. The third kappa shape index (κ3) is 7.61. The molecule has 1 aromatic rings. The Balaban J connectivity index is 2.36. The summed E-state index contributed by atoms with van der Waals surface area (Å²) in [5.74, 6) is 1.12. The molecule has 0 atom stereocenters. The van der Waals surface area contributed by atoms with E-state index in [9.17, 15) is 0 Å². The van der Waals surface area contributed by atoms with Crippen molar-refractivity contribution >= 4 is 29.6 Å². The van der Waals surface area contributed by atoms with Crippen LogP contribution < -0.4 is 10.7 Å². The third-order valence-corrected chi connectivity index (χ3v) is 3.12. The largest absolute Gasteiger partial charge is 0.361 e. The van der Waals surface area contributed by atoms with E-state index >= 15 is 0 Å². The maximum atomic E-state index is 5.09. The fourth-order valence-corrected chi connectivity index (χ4v) is 1.76. The highest BCUT2D eigenvalue weighted by Crippen LogP contribution is 2.15. The van der Waals surface area contributed by atoms with Gasteiger partial charge in [0.1, 0.15) is 0 Å². The molecule has 1 rings (SSSR count).